The van der Waals surface area contributed by atoms with Gasteiger partial charge in [0.2, 0.25) is 0 Å². The zero-order valence-electron chi connectivity index (χ0n) is 15.7. The largest absolute Gasteiger partial charge is 0.351 e. The lowest BCUT2D eigenvalue weighted by Crippen LogP contribution is -2.34. The molecule has 2 aromatic rings. The lowest BCUT2D eigenvalue weighted by molar-refractivity contribution is 0.0949. The summed E-state index contributed by atoms with van der Waals surface area (Å²) in [5.74, 6) is -0.927. The van der Waals surface area contributed by atoms with E-state index in [0.29, 0.717) is 12.1 Å². The van der Waals surface area contributed by atoms with Gasteiger partial charge >= 0.3 is 0 Å². The molecular weight excluding hydrogens is 405 g/mol. The molecule has 9 heteroatoms. The van der Waals surface area contributed by atoms with Gasteiger partial charge in [-0.2, -0.15) is 0 Å². The van der Waals surface area contributed by atoms with Crippen LogP contribution in [-0.2, 0) is 10.0 Å². The minimum absolute atomic E-state index is 0.155. The molecule has 0 aliphatic carbocycles. The minimum atomic E-state index is -3.92. The Morgan fingerprint density at radius 3 is 2.32 bits per heavy atom. The number of carbonyl (C=O) groups is 1. The first-order chi connectivity index (χ1) is 13.3. The monoisotopic (exact) mass is 427 g/mol. The summed E-state index contributed by atoms with van der Waals surface area (Å²) in [6.45, 7) is 7.24. The number of carbonyl (C=O) groups excluding carboxylic acids is 1. The molecule has 0 radical (unpaired) electrons. The number of sulfonamides is 1. The predicted molar refractivity (Wildman–Crippen MR) is 109 cm³/mol. The van der Waals surface area contributed by atoms with Crippen LogP contribution in [0.25, 0.3) is 0 Å². The SMILES string of the molecule is CCN(CC)CCNC(=O)c1ccc(NS(=O)(=O)c2ccc(F)c(Cl)c2)cc1. The van der Waals surface area contributed by atoms with Gasteiger partial charge in [-0.05, 0) is 55.6 Å². The van der Waals surface area contributed by atoms with Gasteiger partial charge in [-0.15, -0.1) is 0 Å². The molecule has 0 aliphatic rings. The van der Waals surface area contributed by atoms with E-state index in [0.717, 1.165) is 37.8 Å². The van der Waals surface area contributed by atoms with Crippen LogP contribution >= 0.6 is 11.6 Å². The van der Waals surface area contributed by atoms with Gasteiger partial charge in [0.25, 0.3) is 15.9 Å². The van der Waals surface area contributed by atoms with Crippen LogP contribution in [0.3, 0.4) is 0 Å². The summed E-state index contributed by atoms with van der Waals surface area (Å²) in [4.78, 5) is 14.2. The normalized spacial score (nSPS) is 11.5. The topological polar surface area (TPSA) is 78.5 Å². The average molecular weight is 428 g/mol. The quantitative estimate of drug-likeness (QED) is 0.643. The van der Waals surface area contributed by atoms with Crippen LogP contribution in [0.4, 0.5) is 10.1 Å². The second-order valence-corrected chi connectivity index (χ2v) is 8.13. The van der Waals surface area contributed by atoms with Gasteiger partial charge in [0, 0.05) is 24.3 Å². The highest BCUT2D eigenvalue weighted by Gasteiger charge is 2.16. The maximum Gasteiger partial charge on any atom is 0.261 e. The second-order valence-electron chi connectivity index (χ2n) is 6.04. The van der Waals surface area contributed by atoms with Crippen LogP contribution in [-0.4, -0.2) is 45.4 Å². The molecule has 0 aromatic heterocycles. The Morgan fingerprint density at radius 1 is 1.11 bits per heavy atom. The summed E-state index contributed by atoms with van der Waals surface area (Å²) in [5, 5.41) is 2.56. The molecule has 0 atom stereocenters. The van der Waals surface area contributed by atoms with Crippen molar-refractivity contribution in [2.24, 2.45) is 0 Å². The number of rotatable bonds is 9. The highest BCUT2D eigenvalue weighted by atomic mass is 35.5. The maximum atomic E-state index is 13.2. The molecule has 6 nitrogen and oxygen atoms in total. The molecule has 0 bridgehead atoms. The highest BCUT2D eigenvalue weighted by molar-refractivity contribution is 7.92. The molecule has 1 amide bonds. The zero-order valence-corrected chi connectivity index (χ0v) is 17.3. The van der Waals surface area contributed by atoms with Crippen molar-refractivity contribution in [1.29, 1.82) is 0 Å². The number of likely N-dealkylation sites (N-methyl/N-ethyl adjacent to an activating group) is 1. The summed E-state index contributed by atoms with van der Waals surface area (Å²) in [6, 6.07) is 9.19. The van der Waals surface area contributed by atoms with Gasteiger partial charge in [0.15, 0.2) is 0 Å². The molecule has 28 heavy (non-hydrogen) atoms. The van der Waals surface area contributed by atoms with Crippen LogP contribution in [0.1, 0.15) is 24.2 Å². The Balaban J connectivity index is 1.99. The third-order valence-electron chi connectivity index (χ3n) is 4.21. The summed E-state index contributed by atoms with van der Waals surface area (Å²) in [7, 11) is -3.92. The maximum absolute atomic E-state index is 13.2. The zero-order chi connectivity index (χ0) is 20.7. The van der Waals surface area contributed by atoms with Crippen molar-refractivity contribution in [3.05, 3.63) is 58.9 Å². The van der Waals surface area contributed by atoms with Crippen molar-refractivity contribution in [2.45, 2.75) is 18.7 Å². The van der Waals surface area contributed by atoms with Crippen molar-refractivity contribution < 1.29 is 17.6 Å². The number of amides is 1. The molecule has 2 rings (SSSR count). The lowest BCUT2D eigenvalue weighted by atomic mass is 10.2. The fraction of sp³-hybridized carbons (Fsp3) is 0.316. The number of nitrogens with zero attached hydrogens (tertiary/aromatic N) is 1. The summed E-state index contributed by atoms with van der Waals surface area (Å²) in [6.07, 6.45) is 0. The van der Waals surface area contributed by atoms with Crippen LogP contribution in [0, 0.1) is 5.82 Å². The van der Waals surface area contributed by atoms with Crippen molar-refractivity contribution in [3.8, 4) is 0 Å². The molecule has 0 aliphatic heterocycles. The predicted octanol–water partition coefficient (Wildman–Crippen LogP) is 3.35. The summed E-state index contributed by atoms with van der Waals surface area (Å²) < 4.78 is 40.3. The van der Waals surface area contributed by atoms with E-state index < -0.39 is 15.8 Å². The van der Waals surface area contributed by atoms with E-state index in [2.05, 4.69) is 28.8 Å². The smallest absolute Gasteiger partial charge is 0.261 e. The number of halogens is 2. The Bertz CT molecular complexity index is 917. The van der Waals surface area contributed by atoms with Crippen LogP contribution < -0.4 is 10.0 Å². The fourth-order valence-corrected chi connectivity index (χ4v) is 3.85. The molecule has 2 N–H and O–H groups in total. The number of benzene rings is 2. The van der Waals surface area contributed by atoms with Gasteiger partial charge in [-0.1, -0.05) is 25.4 Å². The number of hydrogen-bond donors (Lipinski definition) is 2. The van der Waals surface area contributed by atoms with E-state index in [4.69, 9.17) is 11.6 Å². The van der Waals surface area contributed by atoms with Gasteiger partial charge in [0.05, 0.1) is 9.92 Å². The summed E-state index contributed by atoms with van der Waals surface area (Å²) >= 11 is 5.64. The van der Waals surface area contributed by atoms with Gasteiger partial charge in [0.1, 0.15) is 5.82 Å². The Kier molecular flexibility index (Phi) is 7.79. The molecule has 0 heterocycles. The molecule has 0 saturated heterocycles. The van der Waals surface area contributed by atoms with Crippen molar-refractivity contribution in [1.82, 2.24) is 10.2 Å². The van der Waals surface area contributed by atoms with E-state index in [1.54, 1.807) is 0 Å². The minimum Gasteiger partial charge on any atom is -0.351 e. The average Bonchev–Trinajstić information content (AvgIpc) is 2.67. The first-order valence-electron chi connectivity index (χ1n) is 8.85. The van der Waals surface area contributed by atoms with E-state index in [1.165, 1.54) is 24.3 Å². The third-order valence-corrected chi connectivity index (χ3v) is 5.88. The van der Waals surface area contributed by atoms with Gasteiger partial charge in [-0.3, -0.25) is 9.52 Å². The second kappa shape index (κ2) is 9.86. The molecular formula is C19H23ClFN3O3S. The Labute approximate surface area is 169 Å². The van der Waals surface area contributed by atoms with E-state index in [-0.39, 0.29) is 21.5 Å². The molecule has 0 spiro atoms. The van der Waals surface area contributed by atoms with Crippen molar-refractivity contribution in [2.75, 3.05) is 30.9 Å². The molecule has 2 aromatic carbocycles. The first-order valence-corrected chi connectivity index (χ1v) is 10.7. The van der Waals surface area contributed by atoms with E-state index in [1.807, 2.05) is 0 Å². The third kappa shape index (κ3) is 5.92. The van der Waals surface area contributed by atoms with Crippen molar-refractivity contribution >= 4 is 33.2 Å². The van der Waals surface area contributed by atoms with E-state index >= 15 is 0 Å². The number of hydrogen-bond acceptors (Lipinski definition) is 4. The molecule has 0 fully saturated rings. The standard InChI is InChI=1S/C19H23ClFN3O3S/c1-3-24(4-2)12-11-22-19(25)14-5-7-15(8-6-14)23-28(26,27)16-9-10-18(21)17(20)13-16/h5-10,13,23H,3-4,11-12H2,1-2H3,(H,22,25). The molecule has 0 unspecified atom stereocenters. The van der Waals surface area contributed by atoms with Crippen LogP contribution in [0.2, 0.25) is 5.02 Å². The molecule has 0 saturated carbocycles. The first kappa shape index (κ1) is 22.1. The highest BCUT2D eigenvalue weighted by Crippen LogP contribution is 2.22. The van der Waals surface area contributed by atoms with Gasteiger partial charge in [-0.25, -0.2) is 12.8 Å². The lowest BCUT2D eigenvalue weighted by Gasteiger charge is -2.18. The van der Waals surface area contributed by atoms with Crippen molar-refractivity contribution in [3.63, 3.8) is 0 Å². The number of anilines is 1. The number of nitrogens with one attached hydrogen (secondary N) is 2. The molecule has 152 valence electrons. The Morgan fingerprint density at radius 2 is 1.75 bits per heavy atom. The van der Waals surface area contributed by atoms with Gasteiger partial charge < -0.3 is 10.2 Å². The van der Waals surface area contributed by atoms with Crippen LogP contribution in [0.5, 0.6) is 0 Å². The van der Waals surface area contributed by atoms with Crippen LogP contribution in [0.15, 0.2) is 47.4 Å². The fourth-order valence-electron chi connectivity index (χ4n) is 2.52. The van der Waals surface area contributed by atoms with E-state index in [9.17, 15) is 17.6 Å². The Hall–Kier alpha value is -2.16. The summed E-state index contributed by atoms with van der Waals surface area (Å²) in [5.41, 5.74) is 0.701.